The van der Waals surface area contributed by atoms with E-state index in [1.165, 1.54) is 18.9 Å². The summed E-state index contributed by atoms with van der Waals surface area (Å²) < 4.78 is 9.89. The predicted molar refractivity (Wildman–Crippen MR) is 255 cm³/mol. The Kier molecular flexibility index (Phi) is 15.5. The van der Waals surface area contributed by atoms with Gasteiger partial charge in [0, 0.05) is 18.1 Å². The molecule has 0 radical (unpaired) electrons. The van der Waals surface area contributed by atoms with Crippen LogP contribution in [0.3, 0.4) is 0 Å². The maximum absolute atomic E-state index is 14.8. The van der Waals surface area contributed by atoms with E-state index in [1.807, 2.05) is 172 Å². The Morgan fingerprint density at radius 2 is 1.08 bits per heavy atom. The molecule has 65 heavy (non-hydrogen) atoms. The second-order valence-corrected chi connectivity index (χ2v) is 17.7. The van der Waals surface area contributed by atoms with Crippen molar-refractivity contribution in [2.75, 3.05) is 19.5 Å². The second-order valence-electron chi connectivity index (χ2n) is 16.5. The molecule has 10 nitrogen and oxygen atoms in total. The Labute approximate surface area is 385 Å². The SMILES string of the molecule is COC(=O)C[C@H](O)[C@H](NC(=O)[C@@H](CSC(c1ccccc1)(c1ccccc1)c1ccccc1)NC(=O)[C@@H](Cc1ccccc1)NC(=O)OCC1c2ccccc2-c2ccccc21)C(C)C. The molecule has 334 valence electrons. The fraction of sp³-hybridized carbons (Fsp3) is 0.259. The number of aliphatic hydroxyl groups excluding tert-OH is 1. The number of esters is 1. The van der Waals surface area contributed by atoms with Gasteiger partial charge in [0.05, 0.1) is 30.4 Å². The largest absolute Gasteiger partial charge is 0.469 e. The third-order valence-corrected chi connectivity index (χ3v) is 13.6. The van der Waals surface area contributed by atoms with Gasteiger partial charge in [-0.15, -0.1) is 11.8 Å². The van der Waals surface area contributed by atoms with E-state index < -0.39 is 52.9 Å². The smallest absolute Gasteiger partial charge is 0.407 e. The highest BCUT2D eigenvalue weighted by Crippen LogP contribution is 2.49. The van der Waals surface area contributed by atoms with Gasteiger partial charge in [0.1, 0.15) is 18.7 Å². The molecule has 4 atom stereocenters. The first-order valence-electron chi connectivity index (χ1n) is 21.9. The van der Waals surface area contributed by atoms with Crippen molar-refractivity contribution >= 4 is 35.6 Å². The molecular formula is C54H55N3O7S. The maximum Gasteiger partial charge on any atom is 0.407 e. The summed E-state index contributed by atoms with van der Waals surface area (Å²) in [5.74, 6) is -2.25. The van der Waals surface area contributed by atoms with Crippen molar-refractivity contribution < 1.29 is 33.8 Å². The molecule has 1 aliphatic rings. The first-order valence-corrected chi connectivity index (χ1v) is 22.9. The number of methoxy groups -OCH3 is 1. The van der Waals surface area contributed by atoms with Gasteiger partial charge in [-0.25, -0.2) is 4.79 Å². The van der Waals surface area contributed by atoms with E-state index in [-0.39, 0.29) is 37.0 Å². The van der Waals surface area contributed by atoms with Crippen LogP contribution in [-0.2, 0) is 35.0 Å². The van der Waals surface area contributed by atoms with Crippen molar-refractivity contribution in [2.24, 2.45) is 5.92 Å². The van der Waals surface area contributed by atoms with Crippen molar-refractivity contribution in [1.82, 2.24) is 16.0 Å². The number of ether oxygens (including phenoxy) is 2. The number of benzene rings is 6. The van der Waals surface area contributed by atoms with Crippen LogP contribution in [-0.4, -0.2) is 72.7 Å². The highest BCUT2D eigenvalue weighted by Gasteiger charge is 2.40. The van der Waals surface area contributed by atoms with Gasteiger partial charge < -0.3 is 30.5 Å². The molecule has 0 heterocycles. The molecule has 0 fully saturated rings. The van der Waals surface area contributed by atoms with Crippen LogP contribution in [0, 0.1) is 5.92 Å². The lowest BCUT2D eigenvalue weighted by Crippen LogP contribution is -2.58. The second kappa shape index (κ2) is 21.8. The van der Waals surface area contributed by atoms with E-state index in [2.05, 4.69) is 28.1 Å². The lowest BCUT2D eigenvalue weighted by Gasteiger charge is -2.37. The number of nitrogens with one attached hydrogen (secondary N) is 3. The summed E-state index contributed by atoms with van der Waals surface area (Å²) in [6.45, 7) is 3.70. The fourth-order valence-electron chi connectivity index (χ4n) is 8.63. The molecule has 11 heteroatoms. The molecule has 6 aromatic rings. The molecule has 0 saturated carbocycles. The normalized spacial score (nSPS) is 13.9. The molecule has 1 aliphatic carbocycles. The average Bonchev–Trinajstić information content (AvgIpc) is 3.66. The van der Waals surface area contributed by atoms with Gasteiger partial charge in [-0.3, -0.25) is 14.4 Å². The Balaban J connectivity index is 1.20. The van der Waals surface area contributed by atoms with Crippen LogP contribution in [0.4, 0.5) is 4.79 Å². The van der Waals surface area contributed by atoms with E-state index in [4.69, 9.17) is 9.47 Å². The van der Waals surface area contributed by atoms with E-state index in [1.54, 1.807) is 0 Å². The number of hydrogen-bond donors (Lipinski definition) is 4. The number of carbonyl (C=O) groups excluding carboxylic acids is 4. The van der Waals surface area contributed by atoms with Gasteiger partial charge in [0.15, 0.2) is 0 Å². The summed E-state index contributed by atoms with van der Waals surface area (Å²) in [4.78, 5) is 55.6. The van der Waals surface area contributed by atoms with Gasteiger partial charge in [0.2, 0.25) is 11.8 Å². The molecule has 7 rings (SSSR count). The molecule has 0 saturated heterocycles. The third kappa shape index (κ3) is 11.0. The van der Waals surface area contributed by atoms with Crippen molar-refractivity contribution in [3.05, 3.63) is 203 Å². The number of carbonyl (C=O) groups is 4. The van der Waals surface area contributed by atoms with Gasteiger partial charge in [-0.1, -0.05) is 184 Å². The summed E-state index contributed by atoms with van der Waals surface area (Å²) in [5, 5.41) is 20.0. The first-order chi connectivity index (χ1) is 31.6. The summed E-state index contributed by atoms with van der Waals surface area (Å²) in [7, 11) is 1.24. The van der Waals surface area contributed by atoms with Crippen LogP contribution in [0.1, 0.15) is 59.6 Å². The summed E-state index contributed by atoms with van der Waals surface area (Å²) in [6.07, 6.45) is -2.28. The topological polar surface area (TPSA) is 143 Å². The minimum atomic E-state index is -1.27. The molecule has 0 bridgehead atoms. The molecular weight excluding hydrogens is 835 g/mol. The molecule has 0 spiro atoms. The number of amides is 3. The number of rotatable bonds is 19. The van der Waals surface area contributed by atoms with Gasteiger partial charge >= 0.3 is 12.1 Å². The zero-order valence-corrected chi connectivity index (χ0v) is 37.6. The molecule has 0 aliphatic heterocycles. The summed E-state index contributed by atoms with van der Waals surface area (Å²) >= 11 is 1.48. The van der Waals surface area contributed by atoms with Crippen LogP contribution in [0.15, 0.2) is 170 Å². The van der Waals surface area contributed by atoms with Crippen molar-refractivity contribution in [3.8, 4) is 11.1 Å². The lowest BCUT2D eigenvalue weighted by molar-refractivity contribution is -0.144. The quantitative estimate of drug-likeness (QED) is 0.0469. The molecule has 4 N–H and O–H groups in total. The average molecular weight is 890 g/mol. The van der Waals surface area contributed by atoms with Crippen molar-refractivity contribution in [1.29, 1.82) is 0 Å². The van der Waals surface area contributed by atoms with Gasteiger partial charge in [-0.05, 0) is 50.4 Å². The van der Waals surface area contributed by atoms with Crippen LogP contribution in [0.25, 0.3) is 11.1 Å². The van der Waals surface area contributed by atoms with Crippen LogP contribution < -0.4 is 16.0 Å². The highest BCUT2D eigenvalue weighted by molar-refractivity contribution is 8.00. The minimum absolute atomic E-state index is 0.0479. The Morgan fingerprint density at radius 3 is 1.57 bits per heavy atom. The number of fused-ring (bicyclic) bond motifs is 3. The molecule has 0 aromatic heterocycles. The van der Waals surface area contributed by atoms with Gasteiger partial charge in [-0.2, -0.15) is 0 Å². The lowest BCUT2D eigenvalue weighted by atomic mass is 9.84. The predicted octanol–water partition coefficient (Wildman–Crippen LogP) is 8.41. The standard InChI is InChI=1S/C54H55N3O7S/c1-36(2)50(48(58)33-49(59)63-3)57-52(61)47(35-65-54(38-22-10-5-11-23-38,39-24-12-6-13-25-39)40-26-14-7-15-27-40)55-51(60)46(32-37-20-8-4-9-21-37)56-53(62)64-34-45-43-30-18-16-28-41(43)42-29-17-19-31-44(42)45/h4-31,36,45-48,50,58H,32-35H2,1-3H3,(H,55,60)(H,56,62)(H,57,61)/t46-,47-,48+,50-/m1/s1. The van der Waals surface area contributed by atoms with E-state index in [0.29, 0.717) is 0 Å². The molecule has 0 unspecified atom stereocenters. The molecule has 6 aromatic carbocycles. The number of aliphatic hydroxyl groups is 1. The monoisotopic (exact) mass is 889 g/mol. The van der Waals surface area contributed by atoms with E-state index >= 15 is 0 Å². The van der Waals surface area contributed by atoms with Crippen LogP contribution >= 0.6 is 11.8 Å². The van der Waals surface area contributed by atoms with Crippen LogP contribution in [0.2, 0.25) is 0 Å². The highest BCUT2D eigenvalue weighted by atomic mass is 32.2. The van der Waals surface area contributed by atoms with Gasteiger partial charge in [0.25, 0.3) is 0 Å². The fourth-order valence-corrected chi connectivity index (χ4v) is 10.2. The summed E-state index contributed by atoms with van der Waals surface area (Å²) in [5.41, 5.74) is 7.95. The Bertz CT molecular complexity index is 2380. The Morgan fingerprint density at radius 1 is 0.615 bits per heavy atom. The van der Waals surface area contributed by atoms with Crippen molar-refractivity contribution in [3.63, 3.8) is 0 Å². The minimum Gasteiger partial charge on any atom is -0.469 e. The third-order valence-electron chi connectivity index (χ3n) is 11.9. The number of thioether (sulfide) groups is 1. The van der Waals surface area contributed by atoms with E-state index in [9.17, 15) is 24.3 Å². The van der Waals surface area contributed by atoms with Crippen LogP contribution in [0.5, 0.6) is 0 Å². The van der Waals surface area contributed by atoms with E-state index in [0.717, 1.165) is 44.5 Å². The zero-order valence-electron chi connectivity index (χ0n) is 36.8. The van der Waals surface area contributed by atoms with Crippen molar-refractivity contribution in [2.45, 2.75) is 61.6 Å². The zero-order chi connectivity index (χ0) is 45.8. The Hall–Kier alpha value is -6.69. The number of alkyl carbamates (subject to hydrolysis) is 1. The maximum atomic E-state index is 14.8. The number of hydrogen-bond acceptors (Lipinski definition) is 8. The summed E-state index contributed by atoms with van der Waals surface area (Å²) in [6, 6.07) is 52.2. The molecule has 3 amide bonds. The first kappa shape index (κ1) is 46.3.